The number of hydrogen-bond donors (Lipinski definition) is 0. The molecule has 2 nitrogen and oxygen atoms in total. The Kier molecular flexibility index (Phi) is 2.53. The number of nitrogens with zero attached hydrogens (tertiary/aromatic N) is 2. The molecule has 0 aliphatic heterocycles. The molecule has 0 saturated carbocycles. The summed E-state index contributed by atoms with van der Waals surface area (Å²) in [5, 5.41) is 6.48. The molecular formula is C14H12N2S. The van der Waals surface area contributed by atoms with Crippen molar-refractivity contribution in [1.82, 2.24) is 9.78 Å². The molecule has 0 saturated heterocycles. The minimum absolute atomic E-state index is 1.10. The van der Waals surface area contributed by atoms with E-state index in [2.05, 4.69) is 53.8 Å². The van der Waals surface area contributed by atoms with E-state index in [9.17, 15) is 0 Å². The summed E-state index contributed by atoms with van der Waals surface area (Å²) >= 11 is 1.73. The van der Waals surface area contributed by atoms with E-state index >= 15 is 0 Å². The largest absolute Gasteiger partial charge is 0.232 e. The van der Waals surface area contributed by atoms with Crippen molar-refractivity contribution in [3.63, 3.8) is 0 Å². The van der Waals surface area contributed by atoms with Crippen molar-refractivity contribution in [2.45, 2.75) is 6.92 Å². The first kappa shape index (κ1) is 10.3. The molecule has 17 heavy (non-hydrogen) atoms. The highest BCUT2D eigenvalue weighted by atomic mass is 32.1. The van der Waals surface area contributed by atoms with Crippen LogP contribution in [-0.4, -0.2) is 9.78 Å². The molecule has 0 aliphatic carbocycles. The maximum absolute atomic E-state index is 4.40. The molecule has 0 bridgehead atoms. The predicted molar refractivity (Wildman–Crippen MR) is 71.6 cm³/mol. The zero-order chi connectivity index (χ0) is 11.7. The van der Waals surface area contributed by atoms with Gasteiger partial charge in [-0.2, -0.15) is 5.10 Å². The fraction of sp³-hybridized carbons (Fsp3) is 0.0714. The van der Waals surface area contributed by atoms with E-state index in [0.717, 1.165) is 11.4 Å². The van der Waals surface area contributed by atoms with Gasteiger partial charge in [-0.3, -0.25) is 0 Å². The van der Waals surface area contributed by atoms with Crippen LogP contribution < -0.4 is 0 Å². The smallest absolute Gasteiger partial charge is 0.0840 e. The molecule has 2 heterocycles. The Balaban J connectivity index is 2.10. The van der Waals surface area contributed by atoms with Crippen molar-refractivity contribution in [3.8, 4) is 16.3 Å². The molecule has 0 radical (unpaired) electrons. The van der Waals surface area contributed by atoms with E-state index in [0.29, 0.717) is 0 Å². The lowest BCUT2D eigenvalue weighted by Crippen LogP contribution is -1.97. The zero-order valence-corrected chi connectivity index (χ0v) is 10.3. The third-order valence-corrected chi connectivity index (χ3v) is 3.59. The Hall–Kier alpha value is -1.87. The van der Waals surface area contributed by atoms with Crippen molar-refractivity contribution < 1.29 is 0 Å². The Labute approximate surface area is 104 Å². The van der Waals surface area contributed by atoms with Crippen LogP contribution in [0.3, 0.4) is 0 Å². The third kappa shape index (κ3) is 1.89. The van der Waals surface area contributed by atoms with Crippen LogP contribution in [0.5, 0.6) is 0 Å². The van der Waals surface area contributed by atoms with Crippen LogP contribution in [0.4, 0.5) is 0 Å². The van der Waals surface area contributed by atoms with Gasteiger partial charge in [-0.05, 0) is 36.6 Å². The number of rotatable bonds is 2. The van der Waals surface area contributed by atoms with Crippen molar-refractivity contribution in [3.05, 3.63) is 59.6 Å². The Morgan fingerprint density at radius 2 is 1.88 bits per heavy atom. The minimum Gasteiger partial charge on any atom is -0.232 e. The summed E-state index contributed by atoms with van der Waals surface area (Å²) in [4.78, 5) is 1.24. The molecule has 84 valence electrons. The Morgan fingerprint density at radius 3 is 2.59 bits per heavy atom. The van der Waals surface area contributed by atoms with Gasteiger partial charge in [-0.25, -0.2) is 4.68 Å². The molecule has 0 fully saturated rings. The first-order chi connectivity index (χ1) is 8.34. The molecular weight excluding hydrogens is 228 g/mol. The highest BCUT2D eigenvalue weighted by Crippen LogP contribution is 2.26. The quantitative estimate of drug-likeness (QED) is 0.664. The highest BCUT2D eigenvalue weighted by Gasteiger charge is 2.07. The lowest BCUT2D eigenvalue weighted by molar-refractivity contribution is 0.889. The van der Waals surface area contributed by atoms with Gasteiger partial charge in [-0.15, -0.1) is 11.3 Å². The van der Waals surface area contributed by atoms with Gasteiger partial charge >= 0.3 is 0 Å². The molecule has 0 spiro atoms. The van der Waals surface area contributed by atoms with Gasteiger partial charge in [0.1, 0.15) is 0 Å². The second kappa shape index (κ2) is 4.18. The summed E-state index contributed by atoms with van der Waals surface area (Å²) in [6.07, 6.45) is 1.84. The summed E-state index contributed by atoms with van der Waals surface area (Å²) in [7, 11) is 0. The second-order valence-corrected chi connectivity index (χ2v) is 4.89. The average molecular weight is 240 g/mol. The fourth-order valence-corrected chi connectivity index (χ4v) is 2.54. The average Bonchev–Trinajstić information content (AvgIpc) is 3.00. The van der Waals surface area contributed by atoms with E-state index < -0.39 is 0 Å². The van der Waals surface area contributed by atoms with Gasteiger partial charge in [0.2, 0.25) is 0 Å². The normalized spacial score (nSPS) is 10.6. The number of aromatic nitrogens is 2. The van der Waals surface area contributed by atoms with Crippen molar-refractivity contribution >= 4 is 11.3 Å². The van der Waals surface area contributed by atoms with Crippen LogP contribution in [0.15, 0.2) is 54.0 Å². The standard InChI is InChI=1S/C14H12N2S/c1-11-4-6-12(7-5-11)16-13(8-9-15-16)14-3-2-10-17-14/h2-10H,1H3. The van der Waals surface area contributed by atoms with Crippen LogP contribution in [0.2, 0.25) is 0 Å². The lowest BCUT2D eigenvalue weighted by Gasteiger charge is -2.06. The minimum atomic E-state index is 1.10. The molecule has 0 amide bonds. The maximum Gasteiger partial charge on any atom is 0.0840 e. The van der Waals surface area contributed by atoms with E-state index in [1.54, 1.807) is 11.3 Å². The Bertz CT molecular complexity index is 606. The van der Waals surface area contributed by atoms with Crippen molar-refractivity contribution in [2.75, 3.05) is 0 Å². The van der Waals surface area contributed by atoms with Crippen LogP contribution in [0.1, 0.15) is 5.56 Å². The third-order valence-electron chi connectivity index (χ3n) is 2.69. The maximum atomic E-state index is 4.40. The molecule has 0 N–H and O–H groups in total. The molecule has 2 aromatic heterocycles. The van der Waals surface area contributed by atoms with Crippen LogP contribution in [-0.2, 0) is 0 Å². The van der Waals surface area contributed by atoms with Crippen LogP contribution in [0, 0.1) is 6.92 Å². The van der Waals surface area contributed by atoms with E-state index in [4.69, 9.17) is 0 Å². The van der Waals surface area contributed by atoms with Gasteiger partial charge in [0.05, 0.1) is 22.5 Å². The summed E-state index contributed by atoms with van der Waals surface area (Å²) in [6, 6.07) is 14.6. The molecule has 0 aliphatic rings. The number of benzene rings is 1. The molecule has 3 rings (SSSR count). The molecule has 1 aromatic carbocycles. The van der Waals surface area contributed by atoms with Crippen LogP contribution >= 0.6 is 11.3 Å². The van der Waals surface area contributed by atoms with Crippen molar-refractivity contribution in [1.29, 1.82) is 0 Å². The predicted octanol–water partition coefficient (Wildman–Crippen LogP) is 3.91. The number of thiophene rings is 1. The summed E-state index contributed by atoms with van der Waals surface area (Å²) < 4.78 is 1.98. The van der Waals surface area contributed by atoms with E-state index in [1.165, 1.54) is 10.4 Å². The van der Waals surface area contributed by atoms with E-state index in [1.807, 2.05) is 16.9 Å². The molecule has 3 aromatic rings. The first-order valence-corrected chi connectivity index (χ1v) is 6.37. The molecule has 0 unspecified atom stereocenters. The zero-order valence-electron chi connectivity index (χ0n) is 9.50. The van der Waals surface area contributed by atoms with Gasteiger partial charge in [0.15, 0.2) is 0 Å². The number of hydrogen-bond acceptors (Lipinski definition) is 2. The highest BCUT2D eigenvalue weighted by molar-refractivity contribution is 7.13. The summed E-state index contributed by atoms with van der Waals surface area (Å²) in [5.74, 6) is 0. The van der Waals surface area contributed by atoms with Crippen LogP contribution in [0.25, 0.3) is 16.3 Å². The molecule has 3 heteroatoms. The number of aryl methyl sites for hydroxylation is 1. The fourth-order valence-electron chi connectivity index (χ4n) is 1.81. The topological polar surface area (TPSA) is 17.8 Å². The molecule has 0 atom stereocenters. The monoisotopic (exact) mass is 240 g/mol. The summed E-state index contributed by atoms with van der Waals surface area (Å²) in [5.41, 5.74) is 3.51. The summed E-state index contributed by atoms with van der Waals surface area (Å²) in [6.45, 7) is 2.09. The van der Waals surface area contributed by atoms with Gasteiger partial charge in [0.25, 0.3) is 0 Å². The van der Waals surface area contributed by atoms with Gasteiger partial charge in [-0.1, -0.05) is 23.8 Å². The SMILES string of the molecule is Cc1ccc(-n2nccc2-c2cccs2)cc1. The second-order valence-electron chi connectivity index (χ2n) is 3.94. The van der Waals surface area contributed by atoms with E-state index in [-0.39, 0.29) is 0 Å². The Morgan fingerprint density at radius 1 is 1.06 bits per heavy atom. The van der Waals surface area contributed by atoms with Gasteiger partial charge < -0.3 is 0 Å². The van der Waals surface area contributed by atoms with Gasteiger partial charge in [0, 0.05) is 0 Å². The van der Waals surface area contributed by atoms with Crippen molar-refractivity contribution in [2.24, 2.45) is 0 Å². The lowest BCUT2D eigenvalue weighted by atomic mass is 10.2. The first-order valence-electron chi connectivity index (χ1n) is 5.49.